The summed E-state index contributed by atoms with van der Waals surface area (Å²) in [6.45, 7) is 2.03. The van der Waals surface area contributed by atoms with Crippen molar-refractivity contribution in [2.45, 2.75) is 44.4 Å². The number of hydrogen-bond acceptors (Lipinski definition) is 1. The molecule has 1 aliphatic carbocycles. The minimum Gasteiger partial charge on any atom is -0.271 e. The maximum absolute atomic E-state index is 6.30. The summed E-state index contributed by atoms with van der Waals surface area (Å²) < 4.78 is 3.13. The molecule has 0 spiro atoms. The van der Waals surface area contributed by atoms with E-state index in [9.17, 15) is 0 Å². The van der Waals surface area contributed by atoms with E-state index in [1.807, 2.05) is 18.7 Å². The van der Waals surface area contributed by atoms with Gasteiger partial charge in [0.1, 0.15) is 0 Å². The summed E-state index contributed by atoms with van der Waals surface area (Å²) in [7, 11) is 2.01. The van der Waals surface area contributed by atoms with Crippen molar-refractivity contribution in [3.8, 4) is 0 Å². The SMILES string of the molecule is Cc1nn(C)c(CCCC(Cl)C2CC2)c1Br. The molecule has 0 saturated heterocycles. The number of aromatic nitrogens is 2. The van der Waals surface area contributed by atoms with E-state index in [0.29, 0.717) is 5.38 Å². The molecular weight excluding hydrogens is 288 g/mol. The Morgan fingerprint density at radius 2 is 2.25 bits per heavy atom. The first-order valence-corrected chi connectivity index (χ1v) is 7.14. The van der Waals surface area contributed by atoms with Gasteiger partial charge in [0.15, 0.2) is 0 Å². The molecule has 2 nitrogen and oxygen atoms in total. The number of halogens is 2. The third-order valence-electron chi connectivity index (χ3n) is 3.29. The van der Waals surface area contributed by atoms with E-state index in [-0.39, 0.29) is 0 Å². The van der Waals surface area contributed by atoms with Crippen LogP contribution in [0, 0.1) is 12.8 Å². The zero-order chi connectivity index (χ0) is 11.7. The fraction of sp³-hybridized carbons (Fsp3) is 0.750. The smallest absolute Gasteiger partial charge is 0.0738 e. The van der Waals surface area contributed by atoms with Crippen LogP contribution in [0.15, 0.2) is 4.47 Å². The van der Waals surface area contributed by atoms with Crippen molar-refractivity contribution in [1.82, 2.24) is 9.78 Å². The van der Waals surface area contributed by atoms with Crippen LogP contribution in [0.2, 0.25) is 0 Å². The van der Waals surface area contributed by atoms with Gasteiger partial charge in [-0.1, -0.05) is 0 Å². The van der Waals surface area contributed by atoms with E-state index in [4.69, 9.17) is 11.6 Å². The molecule has 1 aromatic rings. The minimum atomic E-state index is 0.396. The lowest BCUT2D eigenvalue weighted by Crippen LogP contribution is -2.04. The predicted octanol–water partition coefficient (Wildman–Crippen LogP) is 3.83. The Bertz CT molecular complexity index is 371. The molecule has 0 aliphatic heterocycles. The lowest BCUT2D eigenvalue weighted by Gasteiger charge is -2.07. The highest BCUT2D eigenvalue weighted by Gasteiger charge is 2.29. The van der Waals surface area contributed by atoms with Crippen molar-refractivity contribution < 1.29 is 0 Å². The molecule has 1 aliphatic rings. The molecule has 1 unspecified atom stereocenters. The van der Waals surface area contributed by atoms with Gasteiger partial charge in [0.05, 0.1) is 15.9 Å². The Morgan fingerprint density at radius 1 is 1.56 bits per heavy atom. The number of alkyl halides is 1. The third-order valence-corrected chi connectivity index (χ3v) is 4.89. The molecule has 0 bridgehead atoms. The van der Waals surface area contributed by atoms with Crippen molar-refractivity contribution in [1.29, 1.82) is 0 Å². The fourth-order valence-electron chi connectivity index (χ4n) is 2.11. The Hall–Kier alpha value is -0.0200. The largest absolute Gasteiger partial charge is 0.271 e. The van der Waals surface area contributed by atoms with Crippen molar-refractivity contribution >= 4 is 27.5 Å². The van der Waals surface area contributed by atoms with Gasteiger partial charge in [0, 0.05) is 12.4 Å². The standard InChI is InChI=1S/C12H18BrClN2/c1-8-12(13)11(16(2)15-8)5-3-4-10(14)9-6-7-9/h9-10H,3-7H2,1-2H3. The molecule has 0 radical (unpaired) electrons. The molecular formula is C12H18BrClN2. The second-order valence-corrected chi connectivity index (χ2v) is 6.07. The highest BCUT2D eigenvalue weighted by atomic mass is 79.9. The zero-order valence-electron chi connectivity index (χ0n) is 9.84. The quantitative estimate of drug-likeness (QED) is 0.756. The van der Waals surface area contributed by atoms with Crippen molar-refractivity contribution in [2.75, 3.05) is 0 Å². The van der Waals surface area contributed by atoms with Gasteiger partial charge in [0.2, 0.25) is 0 Å². The average Bonchev–Trinajstić information content (AvgIpc) is 3.02. The van der Waals surface area contributed by atoms with Gasteiger partial charge in [-0.25, -0.2) is 0 Å². The second kappa shape index (κ2) is 5.09. The zero-order valence-corrected chi connectivity index (χ0v) is 12.2. The third kappa shape index (κ3) is 2.80. The highest BCUT2D eigenvalue weighted by Crippen LogP contribution is 2.38. The first kappa shape index (κ1) is 12.4. The molecule has 0 amide bonds. The van der Waals surface area contributed by atoms with Gasteiger partial charge in [-0.05, 0) is 60.9 Å². The van der Waals surface area contributed by atoms with Gasteiger partial charge < -0.3 is 0 Å². The molecule has 1 heterocycles. The van der Waals surface area contributed by atoms with E-state index in [1.165, 1.54) is 18.5 Å². The number of aryl methyl sites for hydroxylation is 2. The summed E-state index contributed by atoms with van der Waals surface area (Å²) in [5.41, 5.74) is 2.36. The van der Waals surface area contributed by atoms with Crippen molar-refractivity contribution in [3.63, 3.8) is 0 Å². The number of nitrogens with zero attached hydrogens (tertiary/aromatic N) is 2. The van der Waals surface area contributed by atoms with Crippen LogP contribution in [0.4, 0.5) is 0 Å². The lowest BCUT2D eigenvalue weighted by atomic mass is 10.1. The van der Waals surface area contributed by atoms with Crippen LogP contribution in [0.1, 0.15) is 37.1 Å². The normalized spacial score (nSPS) is 17.8. The fourth-order valence-corrected chi connectivity index (χ4v) is 3.05. The van der Waals surface area contributed by atoms with Crippen LogP contribution in [0.25, 0.3) is 0 Å². The predicted molar refractivity (Wildman–Crippen MR) is 70.9 cm³/mol. The van der Waals surface area contributed by atoms with Gasteiger partial charge >= 0.3 is 0 Å². The molecule has 2 rings (SSSR count). The van der Waals surface area contributed by atoms with Gasteiger partial charge in [-0.2, -0.15) is 5.10 Å². The summed E-state index contributed by atoms with van der Waals surface area (Å²) in [4.78, 5) is 0. The maximum atomic E-state index is 6.30. The molecule has 4 heteroatoms. The molecule has 1 aromatic heterocycles. The van der Waals surface area contributed by atoms with Crippen LogP contribution in [-0.2, 0) is 13.5 Å². The monoisotopic (exact) mass is 304 g/mol. The lowest BCUT2D eigenvalue weighted by molar-refractivity contribution is 0.611. The average molecular weight is 306 g/mol. The summed E-state index contributed by atoms with van der Waals surface area (Å²) in [6.07, 6.45) is 6.02. The van der Waals surface area contributed by atoms with Crippen LogP contribution >= 0.6 is 27.5 Å². The van der Waals surface area contributed by atoms with E-state index >= 15 is 0 Å². The second-order valence-electron chi connectivity index (χ2n) is 4.72. The van der Waals surface area contributed by atoms with Crippen LogP contribution < -0.4 is 0 Å². The topological polar surface area (TPSA) is 17.8 Å². The first-order chi connectivity index (χ1) is 7.59. The summed E-state index contributed by atoms with van der Waals surface area (Å²) in [5, 5.41) is 4.79. The Labute approximate surface area is 110 Å². The van der Waals surface area contributed by atoms with E-state index < -0.39 is 0 Å². The van der Waals surface area contributed by atoms with Crippen LogP contribution in [0.5, 0.6) is 0 Å². The number of hydrogen-bond donors (Lipinski definition) is 0. The van der Waals surface area contributed by atoms with E-state index in [1.54, 1.807) is 0 Å². The summed E-state index contributed by atoms with van der Waals surface area (Å²) >= 11 is 9.89. The highest BCUT2D eigenvalue weighted by molar-refractivity contribution is 9.10. The van der Waals surface area contributed by atoms with Crippen molar-refractivity contribution in [3.05, 3.63) is 15.9 Å². The van der Waals surface area contributed by atoms with Crippen LogP contribution in [0.3, 0.4) is 0 Å². The Balaban J connectivity index is 1.84. The molecule has 90 valence electrons. The van der Waals surface area contributed by atoms with Crippen LogP contribution in [-0.4, -0.2) is 15.2 Å². The minimum absolute atomic E-state index is 0.396. The molecule has 1 saturated carbocycles. The van der Waals surface area contributed by atoms with Crippen molar-refractivity contribution in [2.24, 2.45) is 13.0 Å². The molecule has 0 N–H and O–H groups in total. The summed E-state index contributed by atoms with van der Waals surface area (Å²) in [6, 6.07) is 0. The Morgan fingerprint density at radius 3 is 2.75 bits per heavy atom. The molecule has 16 heavy (non-hydrogen) atoms. The summed E-state index contributed by atoms with van der Waals surface area (Å²) in [5.74, 6) is 0.804. The molecule has 1 fully saturated rings. The Kier molecular flexibility index (Phi) is 3.96. The first-order valence-electron chi connectivity index (χ1n) is 5.91. The van der Waals surface area contributed by atoms with Gasteiger partial charge in [-0.3, -0.25) is 4.68 Å². The molecule has 1 atom stereocenters. The van der Waals surface area contributed by atoms with Gasteiger partial charge in [-0.15, -0.1) is 11.6 Å². The maximum Gasteiger partial charge on any atom is 0.0738 e. The van der Waals surface area contributed by atoms with E-state index in [0.717, 1.165) is 35.3 Å². The number of rotatable bonds is 5. The van der Waals surface area contributed by atoms with E-state index in [2.05, 4.69) is 21.0 Å². The molecule has 0 aromatic carbocycles. The van der Waals surface area contributed by atoms with Gasteiger partial charge in [0.25, 0.3) is 0 Å².